The molecule has 178 valence electrons. The molecular formula is C22H22BrF3N2O4S. The van der Waals surface area contributed by atoms with E-state index in [1.54, 1.807) is 30.3 Å². The summed E-state index contributed by atoms with van der Waals surface area (Å²) in [5.74, 6) is -1.59. The zero-order chi connectivity index (χ0) is 24.9. The van der Waals surface area contributed by atoms with Gasteiger partial charge in [-0.2, -0.15) is 13.2 Å². The van der Waals surface area contributed by atoms with Crippen LogP contribution in [0, 0.1) is 5.41 Å². The van der Waals surface area contributed by atoms with E-state index in [9.17, 15) is 27.9 Å². The Bertz CT molecular complexity index is 1000. The minimum absolute atomic E-state index is 0.0253. The number of aliphatic carboxylic acids is 1. The number of rotatable bonds is 7. The second-order valence-corrected chi connectivity index (χ2v) is 9.24. The summed E-state index contributed by atoms with van der Waals surface area (Å²) in [6, 6.07) is 14.5. The van der Waals surface area contributed by atoms with Crippen LogP contribution in [0.15, 0.2) is 59.1 Å². The molecule has 0 saturated heterocycles. The van der Waals surface area contributed by atoms with Gasteiger partial charge in [-0.15, -0.1) is 0 Å². The fourth-order valence-corrected chi connectivity index (χ4v) is 3.57. The Morgan fingerprint density at radius 3 is 2.15 bits per heavy atom. The maximum absolute atomic E-state index is 13.7. The molecule has 0 aromatic heterocycles. The SMILES string of the molecule is CC(C)(C[C@](NC(=S)NC(=O)OCc1ccccc1)(C(=O)O)c1ccc(Br)cc1)C(F)(F)F. The Morgan fingerprint density at radius 1 is 1.06 bits per heavy atom. The van der Waals surface area contributed by atoms with Crippen molar-refractivity contribution in [2.24, 2.45) is 5.41 Å². The van der Waals surface area contributed by atoms with E-state index in [0.29, 0.717) is 10.0 Å². The van der Waals surface area contributed by atoms with Crippen LogP contribution in [-0.2, 0) is 21.7 Å². The number of benzene rings is 2. The van der Waals surface area contributed by atoms with Crippen molar-refractivity contribution in [3.8, 4) is 0 Å². The van der Waals surface area contributed by atoms with Crippen LogP contribution >= 0.6 is 28.1 Å². The van der Waals surface area contributed by atoms with Crippen LogP contribution in [0.4, 0.5) is 18.0 Å². The van der Waals surface area contributed by atoms with Crippen LogP contribution in [0.3, 0.4) is 0 Å². The largest absolute Gasteiger partial charge is 0.479 e. The van der Waals surface area contributed by atoms with Gasteiger partial charge in [-0.25, -0.2) is 9.59 Å². The van der Waals surface area contributed by atoms with Crippen molar-refractivity contribution in [1.82, 2.24) is 10.6 Å². The highest BCUT2D eigenvalue weighted by molar-refractivity contribution is 9.10. The summed E-state index contributed by atoms with van der Waals surface area (Å²) in [4.78, 5) is 24.5. The summed E-state index contributed by atoms with van der Waals surface area (Å²) in [5.41, 5.74) is -3.97. The third-order valence-corrected chi connectivity index (χ3v) is 5.66. The summed E-state index contributed by atoms with van der Waals surface area (Å²) in [7, 11) is 0. The molecule has 0 aliphatic heterocycles. The molecule has 1 atom stereocenters. The van der Waals surface area contributed by atoms with Gasteiger partial charge in [0.2, 0.25) is 0 Å². The lowest BCUT2D eigenvalue weighted by Crippen LogP contribution is -2.58. The van der Waals surface area contributed by atoms with Gasteiger partial charge in [-0.1, -0.05) is 72.2 Å². The van der Waals surface area contributed by atoms with Crippen LogP contribution in [0.1, 0.15) is 31.4 Å². The van der Waals surface area contributed by atoms with E-state index in [1.165, 1.54) is 24.3 Å². The van der Waals surface area contributed by atoms with E-state index in [2.05, 4.69) is 26.6 Å². The topological polar surface area (TPSA) is 87.7 Å². The molecule has 0 aliphatic rings. The Labute approximate surface area is 202 Å². The van der Waals surface area contributed by atoms with Crippen molar-refractivity contribution in [3.05, 3.63) is 70.2 Å². The number of carboxylic acid groups (broad SMARTS) is 1. The van der Waals surface area contributed by atoms with Gasteiger partial charge < -0.3 is 15.2 Å². The lowest BCUT2D eigenvalue weighted by atomic mass is 9.74. The summed E-state index contributed by atoms with van der Waals surface area (Å²) >= 11 is 8.28. The van der Waals surface area contributed by atoms with E-state index in [-0.39, 0.29) is 12.2 Å². The first kappa shape index (κ1) is 26.6. The molecule has 0 fully saturated rings. The molecule has 0 spiro atoms. The number of thiocarbonyl (C=S) groups is 1. The molecule has 0 saturated carbocycles. The van der Waals surface area contributed by atoms with E-state index in [0.717, 1.165) is 13.8 Å². The minimum atomic E-state index is -4.70. The Balaban J connectivity index is 2.28. The minimum Gasteiger partial charge on any atom is -0.479 e. The highest BCUT2D eigenvalue weighted by Crippen LogP contribution is 2.46. The molecular weight excluding hydrogens is 525 g/mol. The molecule has 2 aromatic rings. The molecule has 3 N–H and O–H groups in total. The predicted molar refractivity (Wildman–Crippen MR) is 123 cm³/mol. The standard InChI is InChI=1S/C22H22BrF3N2O4S/c1-20(2,22(24,25)26)13-21(17(29)30,15-8-10-16(23)11-9-15)28-18(33)27-19(31)32-12-14-6-4-3-5-7-14/h3-11H,12-13H2,1-2H3,(H,29,30)(H2,27,28,31,33)/t21-/m1/s1. The summed E-state index contributed by atoms with van der Waals surface area (Å²) < 4.78 is 46.6. The summed E-state index contributed by atoms with van der Waals surface area (Å²) in [6.45, 7) is 1.72. The van der Waals surface area contributed by atoms with Crippen molar-refractivity contribution in [2.45, 2.75) is 38.6 Å². The highest BCUT2D eigenvalue weighted by atomic mass is 79.9. The van der Waals surface area contributed by atoms with Crippen LogP contribution in [0.5, 0.6) is 0 Å². The van der Waals surface area contributed by atoms with Crippen molar-refractivity contribution in [2.75, 3.05) is 0 Å². The maximum Gasteiger partial charge on any atom is 0.413 e. The van der Waals surface area contributed by atoms with Crippen LogP contribution in [0.25, 0.3) is 0 Å². The zero-order valence-electron chi connectivity index (χ0n) is 17.7. The maximum atomic E-state index is 13.7. The Hall–Kier alpha value is -2.66. The first-order chi connectivity index (χ1) is 15.3. The molecule has 2 rings (SSSR count). The number of carbonyl (C=O) groups is 2. The number of halogens is 4. The third-order valence-electron chi connectivity index (χ3n) is 4.93. The average molecular weight is 547 g/mol. The predicted octanol–water partition coefficient (Wildman–Crippen LogP) is 5.51. The Kier molecular flexibility index (Phi) is 8.47. The van der Waals surface area contributed by atoms with Crippen molar-refractivity contribution in [1.29, 1.82) is 0 Å². The van der Waals surface area contributed by atoms with Crippen molar-refractivity contribution >= 4 is 45.3 Å². The van der Waals surface area contributed by atoms with E-state index in [4.69, 9.17) is 17.0 Å². The first-order valence-electron chi connectivity index (χ1n) is 9.63. The molecule has 0 bridgehead atoms. The molecule has 0 radical (unpaired) electrons. The van der Waals surface area contributed by atoms with E-state index in [1.807, 2.05) is 0 Å². The number of nitrogens with one attached hydrogen (secondary N) is 2. The molecule has 33 heavy (non-hydrogen) atoms. The van der Waals surface area contributed by atoms with Crippen LogP contribution < -0.4 is 10.6 Å². The lowest BCUT2D eigenvalue weighted by molar-refractivity contribution is -0.220. The van der Waals surface area contributed by atoms with E-state index < -0.39 is 40.7 Å². The van der Waals surface area contributed by atoms with Gasteiger partial charge in [-0.05, 0) is 41.9 Å². The normalized spacial score (nSPS) is 13.5. The first-order valence-corrected chi connectivity index (χ1v) is 10.8. The van der Waals surface area contributed by atoms with Gasteiger partial charge in [0.25, 0.3) is 0 Å². The van der Waals surface area contributed by atoms with Gasteiger partial charge in [-0.3, -0.25) is 5.32 Å². The molecule has 6 nitrogen and oxygen atoms in total. The summed E-state index contributed by atoms with van der Waals surface area (Å²) in [5, 5.41) is 14.2. The molecule has 1 amide bonds. The average Bonchev–Trinajstić information content (AvgIpc) is 2.71. The fourth-order valence-electron chi connectivity index (χ4n) is 3.05. The monoisotopic (exact) mass is 546 g/mol. The lowest BCUT2D eigenvalue weighted by Gasteiger charge is -2.39. The second kappa shape index (κ2) is 10.5. The van der Waals surface area contributed by atoms with Gasteiger partial charge in [0.05, 0.1) is 5.41 Å². The van der Waals surface area contributed by atoms with Gasteiger partial charge >= 0.3 is 18.2 Å². The number of alkyl halides is 3. The number of hydrogen-bond donors (Lipinski definition) is 3. The van der Waals surface area contributed by atoms with Gasteiger partial charge in [0, 0.05) is 4.47 Å². The second-order valence-electron chi connectivity index (χ2n) is 7.92. The van der Waals surface area contributed by atoms with Crippen LogP contribution in [0.2, 0.25) is 0 Å². The Morgan fingerprint density at radius 2 is 1.64 bits per heavy atom. The molecule has 2 aromatic carbocycles. The number of alkyl carbamates (subject to hydrolysis) is 1. The zero-order valence-corrected chi connectivity index (χ0v) is 20.1. The van der Waals surface area contributed by atoms with Gasteiger partial charge in [0.1, 0.15) is 6.61 Å². The quantitative estimate of drug-likeness (QED) is 0.397. The highest BCUT2D eigenvalue weighted by Gasteiger charge is 2.55. The number of amides is 1. The molecule has 0 aliphatic carbocycles. The van der Waals surface area contributed by atoms with Crippen molar-refractivity contribution < 1.29 is 32.6 Å². The van der Waals surface area contributed by atoms with Gasteiger partial charge in [0.15, 0.2) is 10.7 Å². The molecule has 0 unspecified atom stereocenters. The number of carboxylic acids is 1. The molecule has 11 heteroatoms. The number of ether oxygens (including phenoxy) is 1. The number of carbonyl (C=O) groups excluding carboxylic acids is 1. The number of hydrogen-bond acceptors (Lipinski definition) is 4. The van der Waals surface area contributed by atoms with E-state index >= 15 is 0 Å². The third kappa shape index (κ3) is 6.91. The fraction of sp³-hybridized carbons (Fsp3) is 0.318. The van der Waals surface area contributed by atoms with Crippen molar-refractivity contribution in [3.63, 3.8) is 0 Å². The summed E-state index contributed by atoms with van der Waals surface area (Å²) in [6.07, 6.45) is -6.59. The molecule has 0 heterocycles. The smallest absolute Gasteiger partial charge is 0.413 e. The van der Waals surface area contributed by atoms with Crippen LogP contribution in [-0.4, -0.2) is 28.5 Å².